The number of carbonyl (C=O) groups is 1. The van der Waals surface area contributed by atoms with E-state index < -0.39 is 28.5 Å². The van der Waals surface area contributed by atoms with E-state index in [1.165, 1.54) is 6.07 Å². The molecule has 9 N–H and O–H groups in total. The fourth-order valence-corrected chi connectivity index (χ4v) is 2.07. The first-order valence-corrected chi connectivity index (χ1v) is 10.8. The van der Waals surface area contributed by atoms with Crippen LogP contribution in [0.5, 0.6) is 5.75 Å². The number of aliphatic hydroxyl groups excluding tert-OH is 2. The number of hydrogen-bond acceptors (Lipinski definition) is 8. The van der Waals surface area contributed by atoms with Crippen molar-refractivity contribution >= 4 is 16.4 Å². The van der Waals surface area contributed by atoms with Gasteiger partial charge >= 0.3 is 16.4 Å². The third-order valence-corrected chi connectivity index (χ3v) is 3.53. The van der Waals surface area contributed by atoms with Crippen LogP contribution in [0.15, 0.2) is 18.2 Å². The molecule has 0 heterocycles. The van der Waals surface area contributed by atoms with Crippen LogP contribution in [0.2, 0.25) is 0 Å². The molecule has 0 aliphatic heterocycles. The van der Waals surface area contributed by atoms with Crippen molar-refractivity contribution in [3.8, 4) is 5.75 Å². The number of aromatic hydroxyl groups is 1. The highest BCUT2D eigenvalue weighted by atomic mass is 32.3. The smallest absolute Gasteiger partial charge is 0.394 e. The number of nitrogens with one attached hydrogen (secondary N) is 1. The number of rotatable bonds is 7. The van der Waals surface area contributed by atoms with E-state index in [2.05, 4.69) is 5.32 Å². The molecule has 182 valence electrons. The van der Waals surface area contributed by atoms with Crippen LogP contribution in [-0.4, -0.2) is 62.0 Å². The Morgan fingerprint density at radius 3 is 2.00 bits per heavy atom. The number of β-amino-alcohol motifs (C(OH)–C–C–N with tert-alkyl or cyclic N) is 1. The Kier molecular flexibility index (Phi) is 14.5. The lowest BCUT2D eigenvalue weighted by Crippen LogP contribution is -2.38. The maximum absolute atomic E-state index is 10.1. The number of phenols is 1. The van der Waals surface area contributed by atoms with Crippen LogP contribution in [0.4, 0.5) is 0 Å². The Labute approximate surface area is 183 Å². The molecular formula is C19H36N2O9S. The molecule has 1 aromatic carbocycles. The quantitative estimate of drug-likeness (QED) is 0.265. The normalized spacial score (nSPS) is 13.4. The van der Waals surface area contributed by atoms with Crippen molar-refractivity contribution in [3.63, 3.8) is 0 Å². The van der Waals surface area contributed by atoms with Crippen LogP contribution < -0.4 is 11.1 Å². The molecule has 0 fully saturated rings. The van der Waals surface area contributed by atoms with Crippen molar-refractivity contribution in [2.45, 2.75) is 65.3 Å². The molecule has 11 nitrogen and oxygen atoms in total. The zero-order chi connectivity index (χ0) is 25.0. The molecular weight excluding hydrogens is 432 g/mol. The van der Waals surface area contributed by atoms with Gasteiger partial charge < -0.3 is 31.5 Å². The average molecular weight is 469 g/mol. The van der Waals surface area contributed by atoms with Gasteiger partial charge in [0.1, 0.15) is 11.8 Å². The molecule has 0 saturated carbocycles. The summed E-state index contributed by atoms with van der Waals surface area (Å²) in [6, 6.07) is 4.07. The molecule has 2 atom stereocenters. The predicted octanol–water partition coefficient (Wildman–Crippen LogP) is 1.10. The van der Waals surface area contributed by atoms with E-state index in [4.69, 9.17) is 33.5 Å². The van der Waals surface area contributed by atoms with Gasteiger partial charge in [-0.25, -0.2) is 0 Å². The van der Waals surface area contributed by atoms with E-state index in [1.54, 1.807) is 12.1 Å². The summed E-state index contributed by atoms with van der Waals surface area (Å²) in [5.41, 5.74) is 6.27. The molecule has 0 bridgehead atoms. The molecule has 0 radical (unpaired) electrons. The van der Waals surface area contributed by atoms with E-state index >= 15 is 0 Å². The van der Waals surface area contributed by atoms with E-state index in [0.29, 0.717) is 30.0 Å². The van der Waals surface area contributed by atoms with Gasteiger partial charge in [0, 0.05) is 17.6 Å². The summed E-state index contributed by atoms with van der Waals surface area (Å²) in [6.45, 7) is 10.2. The third-order valence-electron chi connectivity index (χ3n) is 3.53. The van der Waals surface area contributed by atoms with Gasteiger partial charge in [0.05, 0.1) is 12.7 Å². The Morgan fingerprint density at radius 2 is 1.68 bits per heavy atom. The number of nitrogens with two attached hydrogens (primary N) is 1. The molecule has 1 aromatic rings. The van der Waals surface area contributed by atoms with Crippen molar-refractivity contribution in [2.75, 3.05) is 6.54 Å². The van der Waals surface area contributed by atoms with Gasteiger partial charge in [0.25, 0.3) is 0 Å². The predicted molar refractivity (Wildman–Crippen MR) is 116 cm³/mol. The Bertz CT molecular complexity index is 754. The van der Waals surface area contributed by atoms with Crippen LogP contribution in [-0.2, 0) is 21.8 Å². The molecule has 0 aliphatic carbocycles. The van der Waals surface area contributed by atoms with Crippen LogP contribution in [0.25, 0.3) is 0 Å². The van der Waals surface area contributed by atoms with Gasteiger partial charge in [-0.05, 0) is 50.8 Å². The fourth-order valence-electron chi connectivity index (χ4n) is 2.07. The Morgan fingerprint density at radius 1 is 1.19 bits per heavy atom. The van der Waals surface area contributed by atoms with Crippen molar-refractivity contribution in [2.24, 2.45) is 11.7 Å². The maximum Gasteiger partial charge on any atom is 0.394 e. The molecule has 12 heteroatoms. The lowest BCUT2D eigenvalue weighted by atomic mass is 10.0. The van der Waals surface area contributed by atoms with E-state index in [1.807, 2.05) is 34.6 Å². The minimum atomic E-state index is -4.67. The van der Waals surface area contributed by atoms with Gasteiger partial charge in [-0.15, -0.1) is 0 Å². The summed E-state index contributed by atoms with van der Waals surface area (Å²) in [6.07, 6.45) is -0.102. The monoisotopic (exact) mass is 468 g/mol. The van der Waals surface area contributed by atoms with Gasteiger partial charge in [-0.1, -0.05) is 19.9 Å². The first-order valence-electron chi connectivity index (χ1n) is 9.41. The third kappa shape index (κ3) is 19.9. The Balaban J connectivity index is 0. The number of carboxylic acid groups (broad SMARTS) is 1. The molecule has 0 aliphatic rings. The van der Waals surface area contributed by atoms with Crippen molar-refractivity contribution in [1.29, 1.82) is 0 Å². The van der Waals surface area contributed by atoms with Crippen molar-refractivity contribution in [3.05, 3.63) is 29.3 Å². The summed E-state index contributed by atoms with van der Waals surface area (Å²) >= 11 is 0. The van der Waals surface area contributed by atoms with E-state index in [-0.39, 0.29) is 17.9 Å². The second kappa shape index (κ2) is 14.3. The minimum Gasteiger partial charge on any atom is -0.508 e. The van der Waals surface area contributed by atoms with Gasteiger partial charge in [0.2, 0.25) is 0 Å². The van der Waals surface area contributed by atoms with Gasteiger partial charge in [-0.3, -0.25) is 13.9 Å². The molecule has 0 saturated heterocycles. The topological polar surface area (TPSA) is 211 Å². The summed E-state index contributed by atoms with van der Waals surface area (Å²) in [4.78, 5) is 10.1. The number of hydrogen-bond donors (Lipinski definition) is 8. The summed E-state index contributed by atoms with van der Waals surface area (Å²) < 4.78 is 31.6. The first kappa shape index (κ1) is 31.4. The first-order chi connectivity index (χ1) is 13.9. The summed E-state index contributed by atoms with van der Waals surface area (Å²) in [5, 5.41) is 39.9. The minimum absolute atomic E-state index is 0.0484. The highest BCUT2D eigenvalue weighted by Crippen LogP contribution is 2.22. The van der Waals surface area contributed by atoms with Crippen LogP contribution in [0, 0.1) is 5.92 Å². The number of carboxylic acids is 1. The number of aliphatic carboxylic acids is 1. The highest BCUT2D eigenvalue weighted by Gasteiger charge is 2.14. The van der Waals surface area contributed by atoms with Crippen molar-refractivity contribution in [1.82, 2.24) is 5.32 Å². The molecule has 0 aromatic heterocycles. The standard InChI is InChI=1S/C13H21NO3.C6H13NO2.H2O4S/c1-13(2,3)14-7-12(17)9-4-5-11(16)10(6-9)8-15;1-4(2)3-5(7)6(8)9;1-5(2,3)4/h4-6,12,14-17H,7-8H2,1-3H3;4-5H,3,7H2,1-2H3,(H,8,9);(H2,1,2,3,4)/t;5-;/m.0./s1. The lowest BCUT2D eigenvalue weighted by molar-refractivity contribution is -0.138. The van der Waals surface area contributed by atoms with Gasteiger partial charge in [-0.2, -0.15) is 8.42 Å². The highest BCUT2D eigenvalue weighted by molar-refractivity contribution is 7.79. The molecule has 31 heavy (non-hydrogen) atoms. The molecule has 0 amide bonds. The zero-order valence-corrected chi connectivity index (χ0v) is 19.3. The van der Waals surface area contributed by atoms with Crippen LogP contribution >= 0.6 is 0 Å². The molecule has 1 unspecified atom stereocenters. The van der Waals surface area contributed by atoms with Crippen LogP contribution in [0.1, 0.15) is 58.3 Å². The lowest BCUT2D eigenvalue weighted by Gasteiger charge is -2.23. The van der Waals surface area contributed by atoms with E-state index in [9.17, 15) is 15.0 Å². The SMILES string of the molecule is CC(C)(C)NCC(O)c1ccc(O)c(CO)c1.CC(C)C[C@H](N)C(=O)O.O=S(=O)(O)O. The van der Waals surface area contributed by atoms with Crippen molar-refractivity contribution < 1.29 is 42.7 Å². The fraction of sp³-hybridized carbons (Fsp3) is 0.632. The largest absolute Gasteiger partial charge is 0.508 e. The number of aliphatic hydroxyl groups is 2. The number of benzene rings is 1. The molecule has 0 spiro atoms. The average Bonchev–Trinajstić information content (AvgIpc) is 2.58. The second-order valence-corrected chi connectivity index (χ2v) is 9.11. The molecule has 1 rings (SSSR count). The zero-order valence-electron chi connectivity index (χ0n) is 18.5. The van der Waals surface area contributed by atoms with Gasteiger partial charge in [0.15, 0.2) is 0 Å². The second-order valence-electron chi connectivity index (χ2n) is 8.22. The van der Waals surface area contributed by atoms with E-state index in [0.717, 1.165) is 0 Å². The summed E-state index contributed by atoms with van der Waals surface area (Å²) in [7, 11) is -4.67. The maximum atomic E-state index is 10.1. The summed E-state index contributed by atoms with van der Waals surface area (Å²) in [5.74, 6) is -0.507. The van der Waals surface area contributed by atoms with Crippen LogP contribution in [0.3, 0.4) is 0 Å². The Hall–Kier alpha value is -1.80.